The lowest BCUT2D eigenvalue weighted by Crippen LogP contribution is -2.37. The van der Waals surface area contributed by atoms with E-state index in [9.17, 15) is 19.1 Å². The minimum atomic E-state index is -1.33. The molecule has 0 aliphatic carbocycles. The number of carbonyl (C=O) groups is 1. The van der Waals surface area contributed by atoms with E-state index >= 15 is 0 Å². The molecule has 4 aromatic rings. The van der Waals surface area contributed by atoms with Gasteiger partial charge < -0.3 is 14.6 Å². The first-order valence-electron chi connectivity index (χ1n) is 10.4. The van der Waals surface area contributed by atoms with Crippen LogP contribution in [0.5, 0.6) is 0 Å². The average Bonchev–Trinajstić information content (AvgIpc) is 2.75. The predicted molar refractivity (Wildman–Crippen MR) is 121 cm³/mol. The zero-order chi connectivity index (χ0) is 22.2. The van der Waals surface area contributed by atoms with Crippen LogP contribution in [0, 0.1) is 5.82 Å². The summed E-state index contributed by atoms with van der Waals surface area (Å²) in [5.41, 5.74) is 1.87. The van der Waals surface area contributed by atoms with E-state index in [0.717, 1.165) is 35.6 Å². The Morgan fingerprint density at radius 3 is 2.41 bits per heavy atom. The fraction of sp³-hybridized carbons (Fsp3) is 0.160. The first kappa shape index (κ1) is 19.9. The molecule has 1 aliphatic rings. The molecule has 0 atom stereocenters. The van der Waals surface area contributed by atoms with Crippen LogP contribution in [0.15, 0.2) is 71.8 Å². The minimum Gasteiger partial charge on any atom is -0.477 e. The van der Waals surface area contributed by atoms with Crippen LogP contribution in [0.25, 0.3) is 22.0 Å². The number of benzene rings is 2. The number of para-hydroxylation sites is 1. The third kappa shape index (κ3) is 3.51. The summed E-state index contributed by atoms with van der Waals surface area (Å²) in [6.45, 7) is 2.32. The van der Waals surface area contributed by atoms with Gasteiger partial charge in [-0.05, 0) is 41.8 Å². The number of carboxylic acids is 1. The molecule has 0 spiro atoms. The van der Waals surface area contributed by atoms with Crippen molar-refractivity contribution in [2.45, 2.75) is 13.0 Å². The maximum Gasteiger partial charge on any atom is 0.341 e. The lowest BCUT2D eigenvalue weighted by Gasteiger charge is -2.31. The van der Waals surface area contributed by atoms with Gasteiger partial charge in [-0.3, -0.25) is 4.79 Å². The van der Waals surface area contributed by atoms with Crippen molar-refractivity contribution in [1.82, 2.24) is 9.55 Å². The summed E-state index contributed by atoms with van der Waals surface area (Å²) < 4.78 is 16.0. The molecule has 160 valence electrons. The van der Waals surface area contributed by atoms with Crippen LogP contribution in [0.1, 0.15) is 22.3 Å². The van der Waals surface area contributed by atoms with Crippen LogP contribution in [-0.4, -0.2) is 33.7 Å². The molecule has 1 saturated heterocycles. The van der Waals surface area contributed by atoms with Crippen molar-refractivity contribution in [2.24, 2.45) is 0 Å². The normalized spacial score (nSPS) is 13.2. The van der Waals surface area contributed by atoms with Crippen LogP contribution >= 0.6 is 0 Å². The summed E-state index contributed by atoms with van der Waals surface area (Å²) in [6.07, 6.45) is 4.27. The maximum atomic E-state index is 14.5. The zero-order valence-electron chi connectivity index (χ0n) is 17.2. The molecule has 3 heterocycles. The van der Waals surface area contributed by atoms with Crippen molar-refractivity contribution < 1.29 is 14.3 Å². The van der Waals surface area contributed by atoms with E-state index in [1.165, 1.54) is 35.4 Å². The second-order valence-corrected chi connectivity index (χ2v) is 7.88. The zero-order valence-corrected chi connectivity index (χ0v) is 17.2. The largest absolute Gasteiger partial charge is 0.477 e. The van der Waals surface area contributed by atoms with Gasteiger partial charge in [0.15, 0.2) is 0 Å². The lowest BCUT2D eigenvalue weighted by atomic mass is 10.0. The van der Waals surface area contributed by atoms with E-state index < -0.39 is 17.2 Å². The standard InChI is InChI=1S/C25H20FN3O3/c26-21-4-1-3-19-23(21)29(15-20(24(19)30)25(31)32)14-16-5-7-17(8-6-16)18-9-10-22(27-13-18)28-11-2-12-28/h1,3-10,13,15H,2,11-12,14H2,(H,31,32). The lowest BCUT2D eigenvalue weighted by molar-refractivity contribution is 0.0695. The van der Waals surface area contributed by atoms with Gasteiger partial charge in [-0.25, -0.2) is 14.2 Å². The summed E-state index contributed by atoms with van der Waals surface area (Å²) in [7, 11) is 0. The number of carboxylic acid groups (broad SMARTS) is 1. The van der Waals surface area contributed by atoms with Gasteiger partial charge in [0.05, 0.1) is 5.52 Å². The number of anilines is 1. The highest BCUT2D eigenvalue weighted by Crippen LogP contribution is 2.24. The Bertz CT molecular complexity index is 1370. The van der Waals surface area contributed by atoms with Gasteiger partial charge in [0.2, 0.25) is 5.43 Å². The van der Waals surface area contributed by atoms with E-state index in [-0.39, 0.29) is 23.0 Å². The van der Waals surface area contributed by atoms with Crippen LogP contribution in [0.4, 0.5) is 10.2 Å². The maximum absolute atomic E-state index is 14.5. The molecular weight excluding hydrogens is 409 g/mol. The van der Waals surface area contributed by atoms with Crippen LogP contribution in [-0.2, 0) is 6.54 Å². The van der Waals surface area contributed by atoms with Crippen molar-refractivity contribution in [3.63, 3.8) is 0 Å². The van der Waals surface area contributed by atoms with Crippen LogP contribution in [0.2, 0.25) is 0 Å². The molecule has 0 bridgehead atoms. The van der Waals surface area contributed by atoms with Gasteiger partial charge in [0.25, 0.3) is 0 Å². The summed E-state index contributed by atoms with van der Waals surface area (Å²) in [5.74, 6) is -0.918. The fourth-order valence-electron chi connectivity index (χ4n) is 3.98. The molecule has 0 amide bonds. The SMILES string of the molecule is O=C(O)c1cn(Cc2ccc(-c3ccc(N4CCC4)nc3)cc2)c2c(F)cccc2c1=O. The van der Waals surface area contributed by atoms with E-state index in [0.29, 0.717) is 0 Å². The van der Waals surface area contributed by atoms with Crippen molar-refractivity contribution >= 4 is 22.7 Å². The van der Waals surface area contributed by atoms with Gasteiger partial charge in [-0.1, -0.05) is 30.3 Å². The molecule has 1 N–H and O–H groups in total. The van der Waals surface area contributed by atoms with E-state index in [1.807, 2.05) is 42.6 Å². The number of nitrogens with zero attached hydrogens (tertiary/aromatic N) is 3. The van der Waals surface area contributed by atoms with E-state index in [2.05, 4.69) is 9.88 Å². The molecule has 2 aromatic carbocycles. The van der Waals surface area contributed by atoms with Gasteiger partial charge in [-0.15, -0.1) is 0 Å². The number of aromatic nitrogens is 2. The Balaban J connectivity index is 1.46. The molecular formula is C25H20FN3O3. The second kappa shape index (κ2) is 7.92. The van der Waals surface area contributed by atoms with E-state index in [4.69, 9.17) is 0 Å². The Hall–Kier alpha value is -4.00. The number of hydrogen-bond donors (Lipinski definition) is 1. The number of halogens is 1. The molecule has 0 saturated carbocycles. The second-order valence-electron chi connectivity index (χ2n) is 7.88. The van der Waals surface area contributed by atoms with Gasteiger partial charge in [0.1, 0.15) is 17.2 Å². The van der Waals surface area contributed by atoms with Gasteiger partial charge in [-0.2, -0.15) is 0 Å². The van der Waals surface area contributed by atoms with Crippen molar-refractivity contribution in [2.75, 3.05) is 18.0 Å². The van der Waals surface area contributed by atoms with Crippen molar-refractivity contribution in [3.05, 3.63) is 94.2 Å². The third-order valence-electron chi connectivity index (χ3n) is 5.85. The summed E-state index contributed by atoms with van der Waals surface area (Å²) >= 11 is 0. The monoisotopic (exact) mass is 429 g/mol. The highest BCUT2D eigenvalue weighted by Gasteiger charge is 2.17. The first-order chi connectivity index (χ1) is 15.5. The molecule has 5 rings (SSSR count). The molecule has 0 unspecified atom stereocenters. The first-order valence-corrected chi connectivity index (χ1v) is 10.4. The van der Waals surface area contributed by atoms with Crippen LogP contribution < -0.4 is 10.3 Å². The molecule has 32 heavy (non-hydrogen) atoms. The van der Waals surface area contributed by atoms with Crippen LogP contribution in [0.3, 0.4) is 0 Å². The summed E-state index contributed by atoms with van der Waals surface area (Å²) in [5, 5.41) is 9.46. The quantitative estimate of drug-likeness (QED) is 0.516. The topological polar surface area (TPSA) is 75.4 Å². The summed E-state index contributed by atoms with van der Waals surface area (Å²) in [4.78, 5) is 30.7. The third-order valence-corrected chi connectivity index (χ3v) is 5.85. The molecule has 0 radical (unpaired) electrons. The predicted octanol–water partition coefficient (Wildman–Crippen LogP) is 4.16. The van der Waals surface area contributed by atoms with Gasteiger partial charge in [0, 0.05) is 43.0 Å². The number of rotatable bonds is 5. The highest BCUT2D eigenvalue weighted by atomic mass is 19.1. The fourth-order valence-corrected chi connectivity index (χ4v) is 3.98. The average molecular weight is 429 g/mol. The van der Waals surface area contributed by atoms with E-state index in [1.54, 1.807) is 0 Å². The number of hydrogen-bond acceptors (Lipinski definition) is 4. The molecule has 1 aliphatic heterocycles. The number of pyridine rings is 2. The molecule has 1 fully saturated rings. The van der Waals surface area contributed by atoms with Crippen molar-refractivity contribution in [1.29, 1.82) is 0 Å². The highest BCUT2D eigenvalue weighted by molar-refractivity contribution is 5.92. The molecule has 6 nitrogen and oxygen atoms in total. The van der Waals surface area contributed by atoms with Gasteiger partial charge >= 0.3 is 5.97 Å². The Labute approximate surface area is 183 Å². The number of fused-ring (bicyclic) bond motifs is 1. The Kier molecular flexibility index (Phi) is 4.93. The molecule has 7 heteroatoms. The molecule has 2 aromatic heterocycles. The minimum absolute atomic E-state index is 0.0508. The number of aromatic carboxylic acids is 1. The summed E-state index contributed by atoms with van der Waals surface area (Å²) in [6, 6.07) is 15.9. The Morgan fingerprint density at radius 1 is 1.03 bits per heavy atom. The smallest absolute Gasteiger partial charge is 0.341 e. The van der Waals surface area contributed by atoms with Crippen molar-refractivity contribution in [3.8, 4) is 11.1 Å². The Morgan fingerprint density at radius 2 is 1.78 bits per heavy atom.